The molecule has 1 aromatic rings. The monoisotopic (exact) mass is 290 g/mol. The minimum absolute atomic E-state index is 0.117. The van der Waals surface area contributed by atoms with Crippen molar-refractivity contribution in [2.75, 3.05) is 30.5 Å². The number of morpholine rings is 1. The molecule has 0 bridgehead atoms. The van der Waals surface area contributed by atoms with E-state index in [-0.39, 0.29) is 6.10 Å². The van der Waals surface area contributed by atoms with Gasteiger partial charge in [0.1, 0.15) is 5.82 Å². The molecule has 0 amide bonds. The molecule has 0 saturated carbocycles. The molecule has 2 rings (SSSR count). The van der Waals surface area contributed by atoms with Gasteiger partial charge in [0.25, 0.3) is 0 Å². The van der Waals surface area contributed by atoms with Gasteiger partial charge in [-0.3, -0.25) is 0 Å². The lowest BCUT2D eigenvalue weighted by Gasteiger charge is -2.32. The van der Waals surface area contributed by atoms with Crippen molar-refractivity contribution in [2.24, 2.45) is 0 Å². The molecule has 5 heteroatoms. The zero-order chi connectivity index (χ0) is 10.7. The van der Waals surface area contributed by atoms with Gasteiger partial charge in [-0.15, -0.1) is 11.6 Å². The topological polar surface area (TPSA) is 25.4 Å². The molecule has 1 fully saturated rings. The second-order valence-electron chi connectivity index (χ2n) is 3.43. The van der Waals surface area contributed by atoms with Crippen LogP contribution in [0, 0.1) is 0 Å². The highest BCUT2D eigenvalue weighted by Crippen LogP contribution is 2.17. The van der Waals surface area contributed by atoms with E-state index in [0.717, 1.165) is 30.0 Å². The Morgan fingerprint density at radius 2 is 2.47 bits per heavy atom. The highest BCUT2D eigenvalue weighted by molar-refractivity contribution is 9.10. The van der Waals surface area contributed by atoms with Gasteiger partial charge in [0.15, 0.2) is 0 Å². The SMILES string of the molecule is ClCC1CN(c2ccc(Br)cn2)CCO1. The molecule has 1 saturated heterocycles. The summed E-state index contributed by atoms with van der Waals surface area (Å²) in [6.07, 6.45) is 1.92. The molecule has 1 aliphatic rings. The van der Waals surface area contributed by atoms with Crippen LogP contribution in [0.3, 0.4) is 0 Å². The smallest absolute Gasteiger partial charge is 0.128 e. The van der Waals surface area contributed by atoms with Crippen LogP contribution >= 0.6 is 27.5 Å². The number of aromatic nitrogens is 1. The number of ether oxygens (including phenoxy) is 1. The van der Waals surface area contributed by atoms with Crippen LogP contribution < -0.4 is 4.90 Å². The largest absolute Gasteiger partial charge is 0.373 e. The summed E-state index contributed by atoms with van der Waals surface area (Å²) in [6.45, 7) is 2.41. The zero-order valence-electron chi connectivity index (χ0n) is 8.20. The molecule has 0 aliphatic carbocycles. The summed E-state index contributed by atoms with van der Waals surface area (Å²) in [6, 6.07) is 3.99. The van der Waals surface area contributed by atoms with Gasteiger partial charge in [-0.05, 0) is 28.1 Å². The molecule has 1 aromatic heterocycles. The van der Waals surface area contributed by atoms with Crippen LogP contribution in [0.15, 0.2) is 22.8 Å². The van der Waals surface area contributed by atoms with Gasteiger partial charge in [0.2, 0.25) is 0 Å². The predicted octanol–water partition coefficient (Wildman–Crippen LogP) is 2.29. The van der Waals surface area contributed by atoms with E-state index < -0.39 is 0 Å². The Morgan fingerprint density at radius 1 is 1.60 bits per heavy atom. The molecule has 15 heavy (non-hydrogen) atoms. The summed E-state index contributed by atoms with van der Waals surface area (Å²) in [5.41, 5.74) is 0. The molecule has 0 radical (unpaired) electrons. The fourth-order valence-electron chi connectivity index (χ4n) is 1.58. The second-order valence-corrected chi connectivity index (χ2v) is 4.65. The fraction of sp³-hybridized carbons (Fsp3) is 0.500. The van der Waals surface area contributed by atoms with Crippen LogP contribution in [0.5, 0.6) is 0 Å². The Morgan fingerprint density at radius 3 is 3.13 bits per heavy atom. The predicted molar refractivity (Wildman–Crippen MR) is 64.6 cm³/mol. The minimum atomic E-state index is 0.117. The molecule has 1 aliphatic heterocycles. The normalized spacial score (nSPS) is 21.7. The van der Waals surface area contributed by atoms with Crippen LogP contribution in [0.2, 0.25) is 0 Å². The number of anilines is 1. The summed E-state index contributed by atoms with van der Waals surface area (Å²) in [5, 5.41) is 0. The molecule has 3 nitrogen and oxygen atoms in total. The van der Waals surface area contributed by atoms with E-state index in [1.807, 2.05) is 12.1 Å². The van der Waals surface area contributed by atoms with Crippen LogP contribution in [0.25, 0.3) is 0 Å². The summed E-state index contributed by atoms with van der Waals surface area (Å²) in [5.74, 6) is 1.52. The molecule has 1 atom stereocenters. The van der Waals surface area contributed by atoms with Gasteiger partial charge in [0.05, 0.1) is 18.6 Å². The van der Waals surface area contributed by atoms with E-state index >= 15 is 0 Å². The van der Waals surface area contributed by atoms with E-state index in [1.165, 1.54) is 0 Å². The Balaban J connectivity index is 2.06. The molecule has 0 aromatic carbocycles. The van der Waals surface area contributed by atoms with Crippen molar-refractivity contribution < 1.29 is 4.74 Å². The lowest BCUT2D eigenvalue weighted by atomic mass is 10.3. The summed E-state index contributed by atoms with van der Waals surface area (Å²) in [4.78, 5) is 6.55. The van der Waals surface area contributed by atoms with Crippen molar-refractivity contribution in [1.82, 2.24) is 4.98 Å². The average Bonchev–Trinajstić information content (AvgIpc) is 2.30. The van der Waals surface area contributed by atoms with Gasteiger partial charge < -0.3 is 9.64 Å². The molecule has 1 unspecified atom stereocenters. The maximum atomic E-state index is 5.78. The van der Waals surface area contributed by atoms with E-state index in [0.29, 0.717) is 5.88 Å². The summed E-state index contributed by atoms with van der Waals surface area (Å²) < 4.78 is 6.49. The van der Waals surface area contributed by atoms with E-state index in [4.69, 9.17) is 16.3 Å². The first-order valence-electron chi connectivity index (χ1n) is 4.83. The summed E-state index contributed by atoms with van der Waals surface area (Å²) >= 11 is 9.15. The maximum Gasteiger partial charge on any atom is 0.128 e. The van der Waals surface area contributed by atoms with Gasteiger partial charge in [-0.25, -0.2) is 4.98 Å². The van der Waals surface area contributed by atoms with Crippen molar-refractivity contribution in [3.05, 3.63) is 22.8 Å². The van der Waals surface area contributed by atoms with Crippen molar-refractivity contribution in [3.8, 4) is 0 Å². The molecule has 0 spiro atoms. The van der Waals surface area contributed by atoms with Crippen molar-refractivity contribution >= 4 is 33.3 Å². The Kier molecular flexibility index (Phi) is 3.83. The number of halogens is 2. The summed E-state index contributed by atoms with van der Waals surface area (Å²) in [7, 11) is 0. The third kappa shape index (κ3) is 2.83. The van der Waals surface area contributed by atoms with Gasteiger partial charge in [-0.1, -0.05) is 0 Å². The molecule has 82 valence electrons. The number of hydrogen-bond donors (Lipinski definition) is 0. The van der Waals surface area contributed by atoms with Crippen LogP contribution in [0.4, 0.5) is 5.82 Å². The van der Waals surface area contributed by atoms with Gasteiger partial charge in [0, 0.05) is 23.8 Å². The van der Waals surface area contributed by atoms with Crippen LogP contribution in [-0.4, -0.2) is 36.7 Å². The highest BCUT2D eigenvalue weighted by Gasteiger charge is 2.20. The highest BCUT2D eigenvalue weighted by atomic mass is 79.9. The third-order valence-electron chi connectivity index (χ3n) is 2.35. The van der Waals surface area contributed by atoms with Crippen LogP contribution in [-0.2, 0) is 4.74 Å². The Hall–Kier alpha value is -0.320. The Labute approximate surface area is 103 Å². The molecular weight excluding hydrogens is 279 g/mol. The second kappa shape index (κ2) is 5.14. The number of alkyl halides is 1. The van der Waals surface area contributed by atoms with Gasteiger partial charge in [-0.2, -0.15) is 0 Å². The molecule has 0 N–H and O–H groups in total. The zero-order valence-corrected chi connectivity index (χ0v) is 10.5. The quantitative estimate of drug-likeness (QED) is 0.782. The number of rotatable bonds is 2. The van der Waals surface area contributed by atoms with Crippen LogP contribution in [0.1, 0.15) is 0 Å². The van der Waals surface area contributed by atoms with Crippen molar-refractivity contribution in [1.29, 1.82) is 0 Å². The standard InChI is InChI=1S/C10H12BrClN2O/c11-8-1-2-10(13-6-8)14-3-4-15-9(5-12)7-14/h1-2,6,9H,3-5,7H2. The van der Waals surface area contributed by atoms with E-state index in [1.54, 1.807) is 6.20 Å². The van der Waals surface area contributed by atoms with E-state index in [2.05, 4.69) is 25.8 Å². The van der Waals surface area contributed by atoms with Crippen molar-refractivity contribution in [3.63, 3.8) is 0 Å². The third-order valence-corrected chi connectivity index (χ3v) is 3.16. The van der Waals surface area contributed by atoms with E-state index in [9.17, 15) is 0 Å². The maximum absolute atomic E-state index is 5.78. The lowest BCUT2D eigenvalue weighted by Crippen LogP contribution is -2.43. The fourth-order valence-corrected chi connectivity index (χ4v) is 2.00. The number of nitrogens with zero attached hydrogens (tertiary/aromatic N) is 2. The number of hydrogen-bond acceptors (Lipinski definition) is 3. The van der Waals surface area contributed by atoms with Gasteiger partial charge >= 0.3 is 0 Å². The minimum Gasteiger partial charge on any atom is -0.373 e. The molecular formula is C10H12BrClN2O. The van der Waals surface area contributed by atoms with Crippen molar-refractivity contribution in [2.45, 2.75) is 6.10 Å². The lowest BCUT2D eigenvalue weighted by molar-refractivity contribution is 0.0552. The first kappa shape index (κ1) is 11.2. The average molecular weight is 292 g/mol. The Bertz CT molecular complexity index is 320. The number of pyridine rings is 1. The first-order valence-corrected chi connectivity index (χ1v) is 6.16. The molecule has 2 heterocycles. The first-order chi connectivity index (χ1) is 7.29.